The van der Waals surface area contributed by atoms with Crippen LogP contribution in [0.15, 0.2) is 30.3 Å². The quantitative estimate of drug-likeness (QED) is 0.561. The molecule has 1 atom stereocenters. The lowest BCUT2D eigenvalue weighted by Gasteiger charge is -2.04. The number of nitrogens with two attached hydrogens (primary N) is 1. The van der Waals surface area contributed by atoms with Gasteiger partial charge in [-0.25, -0.2) is 0 Å². The Labute approximate surface area is 94.1 Å². The summed E-state index contributed by atoms with van der Waals surface area (Å²) in [6, 6.07) is 8.54. The summed E-state index contributed by atoms with van der Waals surface area (Å²) in [6.45, 7) is -0.250. The van der Waals surface area contributed by atoms with Crippen LogP contribution in [-0.4, -0.2) is 40.5 Å². The van der Waals surface area contributed by atoms with E-state index < -0.39 is 12.0 Å². The monoisotopic (exact) mass is 227 g/mol. The Balaban J connectivity index is 0.000000487. The Morgan fingerprint density at radius 3 is 2.06 bits per heavy atom. The molecule has 1 rings (SSSR count). The van der Waals surface area contributed by atoms with Crippen LogP contribution < -0.4 is 5.73 Å². The van der Waals surface area contributed by atoms with Crippen molar-refractivity contribution in [3.63, 3.8) is 0 Å². The predicted octanol–water partition coefficient (Wildman–Crippen LogP) is -0.388. The van der Waals surface area contributed by atoms with Gasteiger partial charge < -0.3 is 21.1 Å². The predicted molar refractivity (Wildman–Crippen MR) is 59.9 cm³/mol. The molecule has 0 fully saturated rings. The van der Waals surface area contributed by atoms with Crippen molar-refractivity contribution in [2.75, 3.05) is 13.2 Å². The SMILES string of the molecule is N[C@@H](Cc1ccccc1)C(=O)O.OCCO. The third-order valence-electron chi connectivity index (χ3n) is 1.72. The topological polar surface area (TPSA) is 104 Å². The summed E-state index contributed by atoms with van der Waals surface area (Å²) in [5, 5.41) is 23.8. The van der Waals surface area contributed by atoms with Gasteiger partial charge in [0.15, 0.2) is 0 Å². The molecular formula is C11H17NO4. The summed E-state index contributed by atoms with van der Waals surface area (Å²) in [6.07, 6.45) is 0.385. The third kappa shape index (κ3) is 6.94. The van der Waals surface area contributed by atoms with Gasteiger partial charge in [0.1, 0.15) is 6.04 Å². The summed E-state index contributed by atoms with van der Waals surface area (Å²) >= 11 is 0. The molecule has 0 saturated carbocycles. The van der Waals surface area contributed by atoms with E-state index in [-0.39, 0.29) is 13.2 Å². The van der Waals surface area contributed by atoms with Crippen LogP contribution in [0, 0.1) is 0 Å². The van der Waals surface area contributed by atoms with Crippen molar-refractivity contribution >= 4 is 5.97 Å². The zero-order valence-electron chi connectivity index (χ0n) is 8.91. The highest BCUT2D eigenvalue weighted by Gasteiger charge is 2.10. The number of hydrogen-bond acceptors (Lipinski definition) is 4. The van der Waals surface area contributed by atoms with E-state index in [0.29, 0.717) is 6.42 Å². The standard InChI is InChI=1S/C9H11NO2.C2H6O2/c10-8(9(11)12)6-7-4-2-1-3-5-7;3-1-2-4/h1-5,8H,6,10H2,(H,11,12);3-4H,1-2H2/t8-;/m0./s1. The molecule has 0 saturated heterocycles. The molecule has 1 aromatic rings. The van der Waals surface area contributed by atoms with E-state index in [9.17, 15) is 4.79 Å². The molecule has 0 bridgehead atoms. The van der Waals surface area contributed by atoms with Crippen LogP contribution in [0.5, 0.6) is 0 Å². The van der Waals surface area contributed by atoms with E-state index in [2.05, 4.69) is 0 Å². The third-order valence-corrected chi connectivity index (χ3v) is 1.72. The number of carbonyl (C=O) groups is 1. The lowest BCUT2D eigenvalue weighted by Crippen LogP contribution is -2.32. The molecule has 0 heterocycles. The first-order valence-corrected chi connectivity index (χ1v) is 4.85. The van der Waals surface area contributed by atoms with Crippen molar-refractivity contribution in [1.82, 2.24) is 0 Å². The van der Waals surface area contributed by atoms with Gasteiger partial charge in [-0.1, -0.05) is 30.3 Å². The number of carboxylic acid groups (broad SMARTS) is 1. The normalized spacial score (nSPS) is 11.2. The van der Waals surface area contributed by atoms with Gasteiger partial charge in [-0.2, -0.15) is 0 Å². The lowest BCUT2D eigenvalue weighted by molar-refractivity contribution is -0.138. The fourth-order valence-electron chi connectivity index (χ4n) is 0.955. The van der Waals surface area contributed by atoms with Crippen LogP contribution in [-0.2, 0) is 11.2 Å². The van der Waals surface area contributed by atoms with Crippen molar-refractivity contribution in [2.24, 2.45) is 5.73 Å². The van der Waals surface area contributed by atoms with Crippen molar-refractivity contribution in [2.45, 2.75) is 12.5 Å². The molecule has 0 radical (unpaired) electrons. The highest BCUT2D eigenvalue weighted by Crippen LogP contribution is 2.01. The number of carboxylic acids is 1. The van der Waals surface area contributed by atoms with Gasteiger partial charge in [-0.15, -0.1) is 0 Å². The first-order valence-electron chi connectivity index (χ1n) is 4.85. The van der Waals surface area contributed by atoms with Crippen LogP contribution >= 0.6 is 0 Å². The zero-order valence-corrected chi connectivity index (χ0v) is 8.91. The van der Waals surface area contributed by atoms with Crippen molar-refractivity contribution in [3.8, 4) is 0 Å². The zero-order chi connectivity index (χ0) is 12.4. The van der Waals surface area contributed by atoms with Crippen molar-refractivity contribution in [1.29, 1.82) is 0 Å². The Bertz CT molecular complexity index is 287. The van der Waals surface area contributed by atoms with Gasteiger partial charge in [0.2, 0.25) is 0 Å². The second kappa shape index (κ2) is 8.84. The Kier molecular flexibility index (Phi) is 8.05. The number of aliphatic hydroxyl groups is 2. The highest BCUT2D eigenvalue weighted by molar-refractivity contribution is 5.73. The van der Waals surface area contributed by atoms with Crippen LogP contribution in [0.2, 0.25) is 0 Å². The van der Waals surface area contributed by atoms with E-state index in [1.54, 1.807) is 0 Å². The Morgan fingerprint density at radius 1 is 1.19 bits per heavy atom. The molecule has 0 unspecified atom stereocenters. The summed E-state index contributed by atoms with van der Waals surface area (Å²) in [5.74, 6) is -0.959. The maximum Gasteiger partial charge on any atom is 0.320 e. The maximum absolute atomic E-state index is 10.4. The van der Waals surface area contributed by atoms with E-state index in [0.717, 1.165) is 5.56 Å². The molecule has 0 spiro atoms. The number of hydrogen-bond donors (Lipinski definition) is 4. The molecule has 1 aromatic carbocycles. The number of rotatable bonds is 4. The fourth-order valence-corrected chi connectivity index (χ4v) is 0.955. The van der Waals surface area contributed by atoms with E-state index in [1.165, 1.54) is 0 Å². The lowest BCUT2D eigenvalue weighted by atomic mass is 10.1. The minimum absolute atomic E-state index is 0.125. The molecule has 0 amide bonds. The van der Waals surface area contributed by atoms with Crippen LogP contribution in [0.4, 0.5) is 0 Å². The average molecular weight is 227 g/mol. The Morgan fingerprint density at radius 2 is 1.69 bits per heavy atom. The molecule has 16 heavy (non-hydrogen) atoms. The Hall–Kier alpha value is -1.43. The number of benzene rings is 1. The minimum Gasteiger partial charge on any atom is -0.480 e. The molecule has 5 N–H and O–H groups in total. The number of aliphatic carboxylic acids is 1. The smallest absolute Gasteiger partial charge is 0.320 e. The maximum atomic E-state index is 10.4. The van der Waals surface area contributed by atoms with Gasteiger partial charge in [-0.05, 0) is 12.0 Å². The van der Waals surface area contributed by atoms with Crippen molar-refractivity contribution in [3.05, 3.63) is 35.9 Å². The average Bonchev–Trinajstić information content (AvgIpc) is 2.30. The molecule has 90 valence electrons. The van der Waals surface area contributed by atoms with Crippen LogP contribution in [0.3, 0.4) is 0 Å². The minimum atomic E-state index is -0.959. The van der Waals surface area contributed by atoms with Gasteiger partial charge in [-0.3, -0.25) is 4.79 Å². The molecule has 5 nitrogen and oxygen atoms in total. The van der Waals surface area contributed by atoms with Gasteiger partial charge in [0.05, 0.1) is 13.2 Å². The van der Waals surface area contributed by atoms with Crippen molar-refractivity contribution < 1.29 is 20.1 Å². The summed E-state index contributed by atoms with van der Waals surface area (Å²) in [4.78, 5) is 10.4. The first-order chi connectivity index (χ1) is 7.61. The van der Waals surface area contributed by atoms with E-state index in [1.807, 2.05) is 30.3 Å². The molecule has 0 aliphatic heterocycles. The van der Waals surface area contributed by atoms with Crippen LogP contribution in [0.25, 0.3) is 0 Å². The second-order valence-electron chi connectivity index (χ2n) is 3.08. The summed E-state index contributed by atoms with van der Waals surface area (Å²) < 4.78 is 0. The first kappa shape index (κ1) is 14.6. The van der Waals surface area contributed by atoms with E-state index in [4.69, 9.17) is 21.1 Å². The number of aliphatic hydroxyl groups excluding tert-OH is 2. The molecule has 5 heteroatoms. The van der Waals surface area contributed by atoms with E-state index >= 15 is 0 Å². The molecular weight excluding hydrogens is 210 g/mol. The fraction of sp³-hybridized carbons (Fsp3) is 0.364. The molecule has 0 aliphatic rings. The van der Waals surface area contributed by atoms with Gasteiger partial charge >= 0.3 is 5.97 Å². The van der Waals surface area contributed by atoms with Gasteiger partial charge in [0.25, 0.3) is 0 Å². The molecule has 0 aliphatic carbocycles. The second-order valence-corrected chi connectivity index (χ2v) is 3.08. The van der Waals surface area contributed by atoms with Gasteiger partial charge in [0, 0.05) is 0 Å². The molecule has 0 aromatic heterocycles. The van der Waals surface area contributed by atoms with Crippen LogP contribution in [0.1, 0.15) is 5.56 Å². The largest absolute Gasteiger partial charge is 0.480 e. The summed E-state index contributed by atoms with van der Waals surface area (Å²) in [5.41, 5.74) is 6.30. The highest BCUT2D eigenvalue weighted by atomic mass is 16.4. The summed E-state index contributed by atoms with van der Waals surface area (Å²) in [7, 11) is 0.